The van der Waals surface area contributed by atoms with E-state index in [0.29, 0.717) is 5.89 Å². The van der Waals surface area contributed by atoms with Crippen LogP contribution in [0.3, 0.4) is 0 Å². The average Bonchev–Trinajstić information content (AvgIpc) is 3.38. The molecule has 0 saturated heterocycles. The van der Waals surface area contributed by atoms with E-state index in [1.54, 1.807) is 12.7 Å². The van der Waals surface area contributed by atoms with E-state index in [1.165, 1.54) is 11.1 Å². The van der Waals surface area contributed by atoms with Gasteiger partial charge < -0.3 is 4.42 Å². The van der Waals surface area contributed by atoms with Gasteiger partial charge in [0.1, 0.15) is 18.2 Å². The third kappa shape index (κ3) is 2.56. The summed E-state index contributed by atoms with van der Waals surface area (Å²) in [6, 6.07) is 24.4. The lowest BCUT2D eigenvalue weighted by Gasteiger charge is -2.02. The van der Waals surface area contributed by atoms with Gasteiger partial charge in [0.15, 0.2) is 5.58 Å². The molecule has 5 aromatic rings. The van der Waals surface area contributed by atoms with Crippen LogP contribution in [-0.4, -0.2) is 19.7 Å². The van der Waals surface area contributed by atoms with Gasteiger partial charge in [0.2, 0.25) is 5.89 Å². The molecule has 0 amide bonds. The first kappa shape index (κ1) is 14.6. The van der Waals surface area contributed by atoms with Crippen molar-refractivity contribution in [3.63, 3.8) is 0 Å². The molecule has 0 spiro atoms. The first-order valence-corrected chi connectivity index (χ1v) is 8.28. The largest absolute Gasteiger partial charge is 0.436 e. The van der Waals surface area contributed by atoms with E-state index < -0.39 is 0 Å². The molecule has 2 heterocycles. The molecule has 0 N–H and O–H groups in total. The van der Waals surface area contributed by atoms with Crippen LogP contribution < -0.4 is 0 Å². The third-order valence-corrected chi connectivity index (χ3v) is 4.33. The highest BCUT2D eigenvalue weighted by Gasteiger charge is 2.10. The van der Waals surface area contributed by atoms with Crippen LogP contribution in [0.5, 0.6) is 0 Å². The van der Waals surface area contributed by atoms with Crippen molar-refractivity contribution < 1.29 is 4.42 Å². The summed E-state index contributed by atoms with van der Waals surface area (Å²) in [5.41, 5.74) is 5.80. The molecule has 0 aliphatic carbocycles. The first-order chi connectivity index (χ1) is 12.9. The van der Waals surface area contributed by atoms with Crippen molar-refractivity contribution in [1.82, 2.24) is 19.7 Å². The first-order valence-electron chi connectivity index (χ1n) is 8.28. The summed E-state index contributed by atoms with van der Waals surface area (Å²) in [4.78, 5) is 4.60. The Labute approximate surface area is 149 Å². The summed E-state index contributed by atoms with van der Waals surface area (Å²) in [5, 5.41) is 7.66. The molecule has 5 nitrogen and oxygen atoms in total. The van der Waals surface area contributed by atoms with Crippen LogP contribution in [0, 0.1) is 0 Å². The zero-order chi connectivity index (χ0) is 17.3. The zero-order valence-corrected chi connectivity index (χ0v) is 13.8. The maximum absolute atomic E-state index is 5.97. The van der Waals surface area contributed by atoms with Crippen molar-refractivity contribution in [2.75, 3.05) is 0 Å². The standard InChI is InChI=1S/C21H14N4O/c1-2-4-15(5-3-1)16-6-8-17(9-7-16)21-24-19-11-10-18(12-20(19)26-21)25-13-22-23-14-25/h1-14H. The Kier molecular flexibility index (Phi) is 3.35. The number of rotatable bonds is 3. The van der Waals surface area contributed by atoms with Crippen molar-refractivity contribution in [1.29, 1.82) is 0 Å². The van der Waals surface area contributed by atoms with E-state index in [4.69, 9.17) is 4.42 Å². The van der Waals surface area contributed by atoms with Gasteiger partial charge in [0, 0.05) is 11.6 Å². The molecule has 0 unspecified atom stereocenters. The minimum atomic E-state index is 0.612. The fourth-order valence-corrected chi connectivity index (χ4v) is 2.97. The molecule has 0 aliphatic rings. The molecule has 0 aliphatic heterocycles. The molecule has 124 valence electrons. The van der Waals surface area contributed by atoms with Crippen molar-refractivity contribution in [2.24, 2.45) is 0 Å². The topological polar surface area (TPSA) is 56.7 Å². The van der Waals surface area contributed by atoms with Crippen LogP contribution in [-0.2, 0) is 0 Å². The number of hydrogen-bond donors (Lipinski definition) is 0. The molecular weight excluding hydrogens is 324 g/mol. The zero-order valence-electron chi connectivity index (χ0n) is 13.8. The van der Waals surface area contributed by atoms with Gasteiger partial charge in [-0.15, -0.1) is 10.2 Å². The van der Waals surface area contributed by atoms with Crippen LogP contribution in [0.2, 0.25) is 0 Å². The Morgan fingerprint density at radius 3 is 2.15 bits per heavy atom. The summed E-state index contributed by atoms with van der Waals surface area (Å²) in [6.07, 6.45) is 3.31. The van der Waals surface area contributed by atoms with Crippen LogP contribution in [0.1, 0.15) is 0 Å². The Balaban J connectivity index is 1.51. The van der Waals surface area contributed by atoms with E-state index in [9.17, 15) is 0 Å². The quantitative estimate of drug-likeness (QED) is 0.477. The van der Waals surface area contributed by atoms with Gasteiger partial charge >= 0.3 is 0 Å². The van der Waals surface area contributed by atoms with Gasteiger partial charge in [-0.25, -0.2) is 4.98 Å². The van der Waals surface area contributed by atoms with Crippen LogP contribution in [0.25, 0.3) is 39.4 Å². The van der Waals surface area contributed by atoms with E-state index >= 15 is 0 Å². The van der Waals surface area contributed by atoms with Gasteiger partial charge in [-0.3, -0.25) is 4.57 Å². The minimum absolute atomic E-state index is 0.612. The fraction of sp³-hybridized carbons (Fsp3) is 0. The van der Waals surface area contributed by atoms with Gasteiger partial charge in [-0.1, -0.05) is 42.5 Å². The Hall–Kier alpha value is -3.73. The molecule has 0 radical (unpaired) electrons. The maximum atomic E-state index is 5.97. The Morgan fingerprint density at radius 2 is 1.38 bits per heavy atom. The Morgan fingerprint density at radius 1 is 0.692 bits per heavy atom. The fourth-order valence-electron chi connectivity index (χ4n) is 2.97. The molecule has 2 aromatic heterocycles. The Bertz CT molecular complexity index is 1160. The van der Waals surface area contributed by atoms with E-state index in [1.807, 2.05) is 53.1 Å². The normalized spacial score (nSPS) is 11.1. The molecule has 0 atom stereocenters. The lowest BCUT2D eigenvalue weighted by Crippen LogP contribution is -1.88. The monoisotopic (exact) mass is 338 g/mol. The smallest absolute Gasteiger partial charge is 0.227 e. The second-order valence-electron chi connectivity index (χ2n) is 5.98. The van der Waals surface area contributed by atoms with Gasteiger partial charge in [-0.05, 0) is 35.4 Å². The number of aromatic nitrogens is 4. The van der Waals surface area contributed by atoms with Crippen LogP contribution >= 0.6 is 0 Å². The molecular formula is C21H14N4O. The summed E-state index contributed by atoms with van der Waals surface area (Å²) in [7, 11) is 0. The van der Waals surface area contributed by atoms with Crippen LogP contribution in [0.4, 0.5) is 0 Å². The molecule has 0 fully saturated rings. The summed E-state index contributed by atoms with van der Waals surface area (Å²) in [5.74, 6) is 0.612. The SMILES string of the molecule is c1ccc(-c2ccc(-c3nc4ccc(-n5cnnc5)cc4o3)cc2)cc1. The average molecular weight is 338 g/mol. The highest BCUT2D eigenvalue weighted by molar-refractivity contribution is 5.79. The second-order valence-corrected chi connectivity index (χ2v) is 5.98. The number of fused-ring (bicyclic) bond motifs is 1. The molecule has 26 heavy (non-hydrogen) atoms. The van der Waals surface area contributed by atoms with Crippen molar-refractivity contribution in [2.45, 2.75) is 0 Å². The van der Waals surface area contributed by atoms with Crippen molar-refractivity contribution in [3.8, 4) is 28.3 Å². The molecule has 0 saturated carbocycles. The predicted molar refractivity (Wildman–Crippen MR) is 99.8 cm³/mol. The van der Waals surface area contributed by atoms with E-state index in [0.717, 1.165) is 22.4 Å². The van der Waals surface area contributed by atoms with E-state index in [-0.39, 0.29) is 0 Å². The number of oxazole rings is 1. The third-order valence-electron chi connectivity index (χ3n) is 4.33. The molecule has 5 rings (SSSR count). The number of nitrogens with zero attached hydrogens (tertiary/aromatic N) is 4. The summed E-state index contributed by atoms with van der Waals surface area (Å²) in [6.45, 7) is 0. The van der Waals surface area contributed by atoms with Gasteiger partial charge in [0.25, 0.3) is 0 Å². The lowest BCUT2D eigenvalue weighted by molar-refractivity contribution is 0.619. The lowest BCUT2D eigenvalue weighted by atomic mass is 10.0. The highest BCUT2D eigenvalue weighted by Crippen LogP contribution is 2.28. The molecule has 5 heteroatoms. The second kappa shape index (κ2) is 5.97. The molecule has 3 aromatic carbocycles. The molecule has 0 bridgehead atoms. The van der Waals surface area contributed by atoms with E-state index in [2.05, 4.69) is 39.4 Å². The van der Waals surface area contributed by atoms with Gasteiger partial charge in [0.05, 0.1) is 5.69 Å². The number of hydrogen-bond acceptors (Lipinski definition) is 4. The van der Waals surface area contributed by atoms with Gasteiger partial charge in [-0.2, -0.15) is 0 Å². The summed E-state index contributed by atoms with van der Waals surface area (Å²) < 4.78 is 7.80. The summed E-state index contributed by atoms with van der Waals surface area (Å²) >= 11 is 0. The number of benzene rings is 3. The predicted octanol–water partition coefficient (Wildman–Crippen LogP) is 4.74. The van der Waals surface area contributed by atoms with Crippen molar-refractivity contribution >= 4 is 11.1 Å². The highest BCUT2D eigenvalue weighted by atomic mass is 16.3. The van der Waals surface area contributed by atoms with Crippen molar-refractivity contribution in [3.05, 3.63) is 85.5 Å². The maximum Gasteiger partial charge on any atom is 0.227 e. The minimum Gasteiger partial charge on any atom is -0.436 e. The van der Waals surface area contributed by atoms with Crippen LogP contribution in [0.15, 0.2) is 89.9 Å².